The van der Waals surface area contributed by atoms with Crippen LogP contribution in [-0.2, 0) is 11.2 Å². The molecule has 5 aromatic rings. The van der Waals surface area contributed by atoms with Gasteiger partial charge in [0.05, 0.1) is 23.8 Å². The summed E-state index contributed by atoms with van der Waals surface area (Å²) in [5, 5.41) is 17.2. The van der Waals surface area contributed by atoms with Crippen LogP contribution in [0.4, 0.5) is 5.69 Å². The predicted molar refractivity (Wildman–Crippen MR) is 177 cm³/mol. The predicted octanol–water partition coefficient (Wildman–Crippen LogP) is 7.63. The molecule has 1 fully saturated rings. The molecule has 1 aliphatic carbocycles. The van der Waals surface area contributed by atoms with Gasteiger partial charge in [0, 0.05) is 11.6 Å². The number of ether oxygens (including phenoxy) is 2. The molecule has 6 rings (SSSR count). The molecule has 0 saturated heterocycles. The molecule has 2 amide bonds. The van der Waals surface area contributed by atoms with Gasteiger partial charge in [-0.05, 0) is 103 Å². The molecule has 0 spiro atoms. The van der Waals surface area contributed by atoms with E-state index in [0.717, 1.165) is 47.8 Å². The highest BCUT2D eigenvalue weighted by atomic mass is 16.5. The molecule has 3 N–H and O–H groups in total. The molecule has 5 aromatic carbocycles. The molecular formula is C38H34N2O6. The van der Waals surface area contributed by atoms with Crippen LogP contribution in [0.1, 0.15) is 52.0 Å². The van der Waals surface area contributed by atoms with Crippen LogP contribution in [0, 0.1) is 0 Å². The Morgan fingerprint density at radius 3 is 2.04 bits per heavy atom. The van der Waals surface area contributed by atoms with Crippen LogP contribution in [0.15, 0.2) is 115 Å². The number of anilines is 1. The number of carbonyl (C=O) groups excluding carboxylic acids is 2. The summed E-state index contributed by atoms with van der Waals surface area (Å²) in [4.78, 5) is 36.4. The summed E-state index contributed by atoms with van der Waals surface area (Å²) in [5.74, 6) is 0.719. The highest BCUT2D eigenvalue weighted by Gasteiger charge is 2.24. The number of para-hydroxylation sites is 1. The molecule has 232 valence electrons. The summed E-state index contributed by atoms with van der Waals surface area (Å²) in [7, 11) is 0. The standard InChI is InChI=1S/C38H34N2O6/c41-36(40-35-9-5-4-8-34(35)38(43)44)22-25-10-16-30(17-11-25)45-32-18-12-28-24-33(19-13-27(28)23-32)46-31-20-14-29(15-21-31)39-37(42)26-6-2-1-3-7-26/h1-13,16-19,23-24,29,31H,14-15,20-22H2,(H,39,42)(H,40,41)(H,43,44)/t29-,31+. The second kappa shape index (κ2) is 14.0. The van der Waals surface area contributed by atoms with Crippen molar-refractivity contribution in [3.63, 3.8) is 0 Å². The molecule has 0 atom stereocenters. The Morgan fingerprint density at radius 1 is 0.696 bits per heavy atom. The van der Waals surface area contributed by atoms with Crippen molar-refractivity contribution >= 4 is 34.2 Å². The monoisotopic (exact) mass is 614 g/mol. The zero-order valence-electron chi connectivity index (χ0n) is 25.1. The lowest BCUT2D eigenvalue weighted by Crippen LogP contribution is -2.39. The molecule has 0 aliphatic heterocycles. The molecule has 0 radical (unpaired) electrons. The van der Waals surface area contributed by atoms with Crippen molar-refractivity contribution in [3.8, 4) is 17.2 Å². The smallest absolute Gasteiger partial charge is 0.337 e. The van der Waals surface area contributed by atoms with Gasteiger partial charge in [0.15, 0.2) is 0 Å². The summed E-state index contributed by atoms with van der Waals surface area (Å²) in [5.41, 5.74) is 1.77. The number of rotatable bonds is 10. The molecule has 46 heavy (non-hydrogen) atoms. The fourth-order valence-corrected chi connectivity index (χ4v) is 5.68. The molecule has 0 heterocycles. The fourth-order valence-electron chi connectivity index (χ4n) is 5.68. The summed E-state index contributed by atoms with van der Waals surface area (Å²) < 4.78 is 12.4. The third-order valence-corrected chi connectivity index (χ3v) is 8.09. The van der Waals surface area contributed by atoms with Crippen molar-refractivity contribution in [1.82, 2.24) is 5.32 Å². The van der Waals surface area contributed by atoms with Crippen LogP contribution in [-0.4, -0.2) is 35.0 Å². The Morgan fingerprint density at radius 2 is 1.33 bits per heavy atom. The zero-order valence-corrected chi connectivity index (χ0v) is 25.1. The van der Waals surface area contributed by atoms with Gasteiger partial charge in [-0.15, -0.1) is 0 Å². The van der Waals surface area contributed by atoms with Crippen molar-refractivity contribution in [2.45, 2.75) is 44.2 Å². The van der Waals surface area contributed by atoms with Crippen molar-refractivity contribution in [3.05, 3.63) is 132 Å². The Bertz CT molecular complexity index is 1850. The molecule has 0 unspecified atom stereocenters. The average Bonchev–Trinajstić information content (AvgIpc) is 3.07. The van der Waals surface area contributed by atoms with E-state index < -0.39 is 5.97 Å². The molecular weight excluding hydrogens is 580 g/mol. The van der Waals surface area contributed by atoms with Crippen LogP contribution < -0.4 is 20.1 Å². The maximum absolute atomic E-state index is 12.5. The van der Waals surface area contributed by atoms with Gasteiger partial charge in [-0.1, -0.05) is 54.6 Å². The van der Waals surface area contributed by atoms with Crippen molar-refractivity contribution in [2.24, 2.45) is 0 Å². The van der Waals surface area contributed by atoms with E-state index in [1.54, 1.807) is 30.3 Å². The third kappa shape index (κ3) is 7.71. The van der Waals surface area contributed by atoms with Gasteiger partial charge in [-0.3, -0.25) is 9.59 Å². The van der Waals surface area contributed by atoms with E-state index in [2.05, 4.69) is 10.6 Å². The number of amides is 2. The van der Waals surface area contributed by atoms with Gasteiger partial charge in [0.25, 0.3) is 5.91 Å². The minimum Gasteiger partial charge on any atom is -0.490 e. The quantitative estimate of drug-likeness (QED) is 0.149. The van der Waals surface area contributed by atoms with Crippen molar-refractivity contribution < 1.29 is 29.0 Å². The second-order valence-corrected chi connectivity index (χ2v) is 11.4. The first-order valence-electron chi connectivity index (χ1n) is 15.3. The van der Waals surface area contributed by atoms with E-state index in [-0.39, 0.29) is 41.6 Å². The molecule has 8 heteroatoms. The first kappa shape index (κ1) is 30.4. The second-order valence-electron chi connectivity index (χ2n) is 11.4. The molecule has 1 aliphatic rings. The summed E-state index contributed by atoms with van der Waals surface area (Å²) in [6.45, 7) is 0. The van der Waals surface area contributed by atoms with E-state index in [1.165, 1.54) is 6.07 Å². The first-order valence-corrected chi connectivity index (χ1v) is 15.3. The van der Waals surface area contributed by atoms with E-state index in [9.17, 15) is 19.5 Å². The van der Waals surface area contributed by atoms with Gasteiger partial charge in [-0.2, -0.15) is 0 Å². The Hall–Kier alpha value is -5.63. The maximum atomic E-state index is 12.5. The van der Waals surface area contributed by atoms with Crippen LogP contribution in [0.3, 0.4) is 0 Å². The van der Waals surface area contributed by atoms with Gasteiger partial charge in [0.1, 0.15) is 17.2 Å². The fraction of sp³-hybridized carbons (Fsp3) is 0.184. The van der Waals surface area contributed by atoms with Crippen LogP contribution in [0.2, 0.25) is 0 Å². The zero-order chi connectivity index (χ0) is 31.9. The van der Waals surface area contributed by atoms with Crippen molar-refractivity contribution in [2.75, 3.05) is 5.32 Å². The average molecular weight is 615 g/mol. The largest absolute Gasteiger partial charge is 0.490 e. The van der Waals surface area contributed by atoms with Gasteiger partial charge >= 0.3 is 5.97 Å². The van der Waals surface area contributed by atoms with E-state index >= 15 is 0 Å². The minimum absolute atomic E-state index is 0.0255. The maximum Gasteiger partial charge on any atom is 0.337 e. The van der Waals surface area contributed by atoms with Gasteiger partial charge in [-0.25, -0.2) is 4.79 Å². The normalized spacial score (nSPS) is 15.9. The number of carboxylic acid groups (broad SMARTS) is 1. The molecule has 8 nitrogen and oxygen atoms in total. The van der Waals surface area contributed by atoms with Crippen molar-refractivity contribution in [1.29, 1.82) is 0 Å². The lowest BCUT2D eigenvalue weighted by Gasteiger charge is -2.29. The number of hydrogen-bond acceptors (Lipinski definition) is 5. The number of fused-ring (bicyclic) bond motifs is 1. The Labute approximate surface area is 267 Å². The number of hydrogen-bond donors (Lipinski definition) is 3. The molecule has 0 bridgehead atoms. The van der Waals surface area contributed by atoms with Crippen LogP contribution in [0.5, 0.6) is 17.2 Å². The lowest BCUT2D eigenvalue weighted by molar-refractivity contribution is -0.115. The van der Waals surface area contributed by atoms with E-state index in [0.29, 0.717) is 17.1 Å². The highest BCUT2D eigenvalue weighted by molar-refractivity contribution is 6.01. The number of aromatic carboxylic acids is 1. The number of carbonyl (C=O) groups is 3. The Balaban J connectivity index is 0.995. The number of nitrogens with one attached hydrogen (secondary N) is 2. The number of benzene rings is 5. The van der Waals surface area contributed by atoms with E-state index in [4.69, 9.17) is 9.47 Å². The topological polar surface area (TPSA) is 114 Å². The summed E-state index contributed by atoms with van der Waals surface area (Å²) >= 11 is 0. The number of carboxylic acids is 1. The SMILES string of the molecule is O=C(Cc1ccc(Oc2ccc3cc(O[C@H]4CC[C@@H](NC(=O)c5ccccc5)CC4)ccc3c2)cc1)Nc1ccccc1C(=O)O. The van der Waals surface area contributed by atoms with Gasteiger partial charge < -0.3 is 25.2 Å². The van der Waals surface area contributed by atoms with Gasteiger partial charge in [0.2, 0.25) is 5.91 Å². The lowest BCUT2D eigenvalue weighted by atomic mass is 9.92. The molecule has 1 saturated carbocycles. The summed E-state index contributed by atoms with van der Waals surface area (Å²) in [6.07, 6.45) is 3.74. The van der Waals surface area contributed by atoms with E-state index in [1.807, 2.05) is 78.9 Å². The summed E-state index contributed by atoms with van der Waals surface area (Å²) in [6, 6.07) is 34.9. The highest BCUT2D eigenvalue weighted by Crippen LogP contribution is 2.30. The molecule has 0 aromatic heterocycles. The van der Waals surface area contributed by atoms with Crippen LogP contribution in [0.25, 0.3) is 10.8 Å². The Kier molecular flexibility index (Phi) is 9.24. The third-order valence-electron chi connectivity index (χ3n) is 8.09. The first-order chi connectivity index (χ1) is 22.4. The van der Waals surface area contributed by atoms with Crippen LogP contribution >= 0.6 is 0 Å². The minimum atomic E-state index is -1.10.